The second kappa shape index (κ2) is 20.7. The molecule has 2 heterocycles. The first-order valence-electron chi connectivity index (χ1n) is 21.5. The van der Waals surface area contributed by atoms with Gasteiger partial charge in [-0.15, -0.1) is 0 Å². The van der Waals surface area contributed by atoms with Crippen LogP contribution < -0.4 is 10.9 Å². The van der Waals surface area contributed by atoms with Crippen molar-refractivity contribution in [2.45, 2.75) is 128 Å². The first kappa shape index (κ1) is 48.5. The predicted octanol–water partition coefficient (Wildman–Crippen LogP) is 8.29. The number of carboxylic acid groups (broad SMARTS) is 1. The third kappa shape index (κ3) is 11.5. The van der Waals surface area contributed by atoms with Gasteiger partial charge in [0.1, 0.15) is 0 Å². The lowest BCUT2D eigenvalue weighted by molar-refractivity contribution is -0.137. The van der Waals surface area contributed by atoms with E-state index in [-0.39, 0.29) is 41.4 Å². The molecule has 2 saturated heterocycles. The van der Waals surface area contributed by atoms with E-state index < -0.39 is 13.1 Å². The molecule has 0 spiro atoms. The monoisotopic (exact) mass is 892 g/mol. The molecule has 60 heavy (non-hydrogen) atoms. The third-order valence-corrected chi connectivity index (χ3v) is 13.4. The molecule has 2 fully saturated rings. The van der Waals surface area contributed by atoms with Crippen molar-refractivity contribution in [1.82, 2.24) is 0 Å². The van der Waals surface area contributed by atoms with Gasteiger partial charge in [0.25, 0.3) is 0 Å². The first-order chi connectivity index (χ1) is 28.4. The average Bonchev–Trinajstić information content (AvgIpc) is 3.68. The van der Waals surface area contributed by atoms with Crippen LogP contribution in [0.4, 0.5) is 0 Å². The number of aryl methyl sites for hydroxylation is 1. The normalized spacial score (nSPS) is 18.9. The molecule has 0 aromatic heterocycles. The number of halogens is 1. The van der Waals surface area contributed by atoms with Gasteiger partial charge in [0.05, 0.1) is 48.8 Å². The molecule has 3 aromatic carbocycles. The van der Waals surface area contributed by atoms with E-state index in [1.807, 2.05) is 52.0 Å². The highest BCUT2D eigenvalue weighted by molar-refractivity contribution is 9.10. The van der Waals surface area contributed by atoms with Crippen LogP contribution in [0.1, 0.15) is 111 Å². The smallest absolute Gasteiger partial charge is 0.481 e. The fourth-order valence-corrected chi connectivity index (χ4v) is 8.34. The number of hydrogen-bond donors (Lipinski definition) is 1. The molecular weight excluding hydrogens is 826 g/mol. The minimum atomic E-state index is -0.746. The number of methoxy groups -OCH3 is 2. The Kier molecular flexibility index (Phi) is 16.7. The van der Waals surface area contributed by atoms with Gasteiger partial charge in [0.15, 0.2) is 0 Å². The van der Waals surface area contributed by atoms with E-state index in [0.717, 1.165) is 53.1 Å². The Morgan fingerprint density at radius 3 is 1.53 bits per heavy atom. The van der Waals surface area contributed by atoms with Crippen molar-refractivity contribution < 1.29 is 47.5 Å². The molecule has 3 aromatic rings. The van der Waals surface area contributed by atoms with Gasteiger partial charge < -0.3 is 42.7 Å². The molecule has 2 aliphatic heterocycles. The van der Waals surface area contributed by atoms with Crippen molar-refractivity contribution in [3.63, 3.8) is 0 Å². The maximum atomic E-state index is 10.5. The summed E-state index contributed by atoms with van der Waals surface area (Å²) < 4.78 is 48.1. The molecule has 1 aliphatic carbocycles. The van der Waals surface area contributed by atoms with Crippen LogP contribution >= 0.6 is 15.9 Å². The van der Waals surface area contributed by atoms with Crippen molar-refractivity contribution in [2.75, 3.05) is 53.9 Å². The number of fused-ring (bicyclic) bond motifs is 3. The minimum absolute atomic E-state index is 0.163. The molecule has 0 unspecified atom stereocenters. The van der Waals surface area contributed by atoms with Gasteiger partial charge in [0, 0.05) is 43.7 Å². The van der Waals surface area contributed by atoms with Gasteiger partial charge in [0.2, 0.25) is 0 Å². The Balaban J connectivity index is 0.000000274. The molecular formula is C47H67B2BrO10. The Morgan fingerprint density at radius 1 is 0.600 bits per heavy atom. The number of hydrogen-bond acceptors (Lipinski definition) is 9. The summed E-state index contributed by atoms with van der Waals surface area (Å²) in [4.78, 5) is 10.5. The summed E-state index contributed by atoms with van der Waals surface area (Å²) in [6.45, 7) is 20.4. The molecule has 1 N–H and O–H groups in total. The first-order valence-corrected chi connectivity index (χ1v) is 22.3. The highest BCUT2D eigenvalue weighted by Crippen LogP contribution is 2.54. The van der Waals surface area contributed by atoms with Crippen molar-refractivity contribution >= 4 is 47.1 Å². The van der Waals surface area contributed by atoms with E-state index >= 15 is 0 Å². The zero-order valence-electron chi connectivity index (χ0n) is 37.6. The fourth-order valence-electron chi connectivity index (χ4n) is 7.98. The summed E-state index contributed by atoms with van der Waals surface area (Å²) in [6, 6.07) is 21.5. The van der Waals surface area contributed by atoms with E-state index in [4.69, 9.17) is 42.7 Å². The van der Waals surface area contributed by atoms with Crippen LogP contribution in [0.25, 0.3) is 11.1 Å². The molecule has 328 valence electrons. The molecule has 0 saturated carbocycles. The lowest BCUT2D eigenvalue weighted by Gasteiger charge is -2.33. The van der Waals surface area contributed by atoms with Gasteiger partial charge in [-0.2, -0.15) is 0 Å². The Labute approximate surface area is 368 Å². The van der Waals surface area contributed by atoms with Crippen molar-refractivity contribution in [1.29, 1.82) is 0 Å². The zero-order valence-corrected chi connectivity index (χ0v) is 39.2. The minimum Gasteiger partial charge on any atom is -0.481 e. The molecule has 0 amide bonds. The van der Waals surface area contributed by atoms with E-state index in [9.17, 15) is 4.79 Å². The van der Waals surface area contributed by atoms with Gasteiger partial charge >= 0.3 is 20.2 Å². The second-order valence-corrected chi connectivity index (χ2v) is 19.1. The van der Waals surface area contributed by atoms with Crippen LogP contribution in [0.15, 0.2) is 65.1 Å². The van der Waals surface area contributed by atoms with Crippen LogP contribution in [0, 0.1) is 0 Å². The standard InChI is InChI=1S/C31H44BBrO6.C16H23BO4/c1-29(2)30(3,4)39-32(38-29)23-9-11-25-26-12-10-24(33)22-28(26)31(27(25)21-23,13-7-15-36-19-17-34-5)14-8-16-37-20-18-35-6;1-15(2)16(3,4)21-17(20-15)13-10-8-12(9-11-13)6-5-7-14(18)19/h9-12,21-22H,7-8,13-20H2,1-6H3;8-11H,5-7H2,1-4H3,(H,18,19). The molecule has 6 rings (SSSR count). The summed E-state index contributed by atoms with van der Waals surface area (Å²) in [5, 5.41) is 8.64. The molecule has 13 heteroatoms. The number of benzene rings is 3. The summed E-state index contributed by atoms with van der Waals surface area (Å²) in [6.07, 6.45) is 5.48. The van der Waals surface area contributed by atoms with Crippen LogP contribution in [0.5, 0.6) is 0 Å². The van der Waals surface area contributed by atoms with Gasteiger partial charge in [-0.1, -0.05) is 64.5 Å². The van der Waals surface area contributed by atoms with Crippen LogP contribution in [-0.4, -0.2) is 102 Å². The highest BCUT2D eigenvalue weighted by Gasteiger charge is 2.53. The lowest BCUT2D eigenvalue weighted by Crippen LogP contribution is -2.41. The van der Waals surface area contributed by atoms with Gasteiger partial charge in [-0.25, -0.2) is 0 Å². The number of aliphatic carboxylic acids is 1. The van der Waals surface area contributed by atoms with Crippen LogP contribution in [0.3, 0.4) is 0 Å². The van der Waals surface area contributed by atoms with E-state index in [0.29, 0.717) is 46.1 Å². The van der Waals surface area contributed by atoms with E-state index in [1.165, 1.54) is 22.3 Å². The second-order valence-electron chi connectivity index (χ2n) is 18.2. The lowest BCUT2D eigenvalue weighted by atomic mass is 9.69. The number of carbonyl (C=O) groups is 1. The molecule has 0 atom stereocenters. The number of carboxylic acids is 1. The molecule has 0 radical (unpaired) electrons. The van der Waals surface area contributed by atoms with Crippen LogP contribution in [0.2, 0.25) is 0 Å². The molecule has 0 bridgehead atoms. The maximum absolute atomic E-state index is 10.5. The summed E-state index contributed by atoms with van der Waals surface area (Å²) in [5.74, 6) is -0.746. The van der Waals surface area contributed by atoms with E-state index in [1.54, 1.807) is 14.2 Å². The van der Waals surface area contributed by atoms with Gasteiger partial charge in [-0.3, -0.25) is 4.79 Å². The molecule has 10 nitrogen and oxygen atoms in total. The average molecular weight is 894 g/mol. The Hall–Kier alpha value is -2.58. The largest absolute Gasteiger partial charge is 0.494 e. The summed E-state index contributed by atoms with van der Waals surface area (Å²) in [7, 11) is 2.66. The van der Waals surface area contributed by atoms with Crippen molar-refractivity contribution in [3.05, 3.63) is 81.8 Å². The maximum Gasteiger partial charge on any atom is 0.494 e. The fraction of sp³-hybridized carbons (Fsp3) is 0.596. The summed E-state index contributed by atoms with van der Waals surface area (Å²) in [5.41, 5.74) is 6.89. The number of ether oxygens (including phenoxy) is 4. The Bertz CT molecular complexity index is 1820. The highest BCUT2D eigenvalue weighted by atomic mass is 79.9. The zero-order chi connectivity index (χ0) is 43.8. The predicted molar refractivity (Wildman–Crippen MR) is 243 cm³/mol. The number of rotatable bonds is 20. The molecule has 3 aliphatic rings. The van der Waals surface area contributed by atoms with Gasteiger partial charge in [-0.05, 0) is 145 Å². The third-order valence-electron chi connectivity index (χ3n) is 12.9. The quantitative estimate of drug-likeness (QED) is 0.0879. The van der Waals surface area contributed by atoms with Crippen LogP contribution in [-0.2, 0) is 54.2 Å². The topological polar surface area (TPSA) is 111 Å². The SMILES string of the molecule is CC1(C)OB(c2ccc(CCCC(=O)O)cc2)OC1(C)C.COCCOCCCC1(CCCOCCOC)c2cc(Br)ccc2-c2ccc(B3OC(C)(C)C(C)(C)O3)cc21. The van der Waals surface area contributed by atoms with E-state index in [2.05, 4.69) is 80.0 Å². The Morgan fingerprint density at radius 2 is 1.05 bits per heavy atom. The van der Waals surface area contributed by atoms with Crippen molar-refractivity contribution in [3.8, 4) is 11.1 Å². The van der Waals surface area contributed by atoms with Crippen molar-refractivity contribution in [2.24, 2.45) is 0 Å². The summed E-state index contributed by atoms with van der Waals surface area (Å²) >= 11 is 3.76.